The Labute approximate surface area is 225 Å². The van der Waals surface area contributed by atoms with Crippen molar-refractivity contribution in [3.63, 3.8) is 0 Å². The molecule has 4 rings (SSSR count). The highest BCUT2D eigenvalue weighted by atomic mass is 35.5. The number of aromatic nitrogens is 3. The molecule has 1 heterocycles. The Hall–Kier alpha value is -3.24. The van der Waals surface area contributed by atoms with Crippen molar-refractivity contribution in [3.05, 3.63) is 47.0 Å². The van der Waals surface area contributed by atoms with Crippen LogP contribution in [-0.2, 0) is 4.79 Å². The minimum Gasteiger partial charge on any atom is -0.496 e. The van der Waals surface area contributed by atoms with E-state index in [1.54, 1.807) is 33.5 Å². The number of halogens is 1. The molecule has 0 spiro atoms. The second kappa shape index (κ2) is 12.8. The van der Waals surface area contributed by atoms with Crippen LogP contribution in [0.4, 0.5) is 0 Å². The number of rotatable bonds is 10. The van der Waals surface area contributed by atoms with E-state index in [-0.39, 0.29) is 11.7 Å². The molecule has 2 aromatic carbocycles. The number of amides is 1. The Morgan fingerprint density at radius 1 is 1.08 bits per heavy atom. The number of hydrogen-bond donors (Lipinski definition) is 1. The van der Waals surface area contributed by atoms with Crippen LogP contribution in [0.25, 0.3) is 11.4 Å². The second-order valence-electron chi connectivity index (χ2n) is 8.50. The zero-order valence-electron chi connectivity index (χ0n) is 21.1. The summed E-state index contributed by atoms with van der Waals surface area (Å²) in [5.41, 5.74) is 4.11. The lowest BCUT2D eigenvalue weighted by atomic mass is 9.95. The molecule has 0 saturated heterocycles. The van der Waals surface area contributed by atoms with E-state index in [9.17, 15) is 4.79 Å². The molecule has 196 valence electrons. The third kappa shape index (κ3) is 6.56. The summed E-state index contributed by atoms with van der Waals surface area (Å²) in [4.78, 5) is 12.6. The molecule has 37 heavy (non-hydrogen) atoms. The number of benzene rings is 2. The van der Waals surface area contributed by atoms with E-state index in [0.717, 1.165) is 29.4 Å². The molecule has 1 N–H and O–H groups in total. The van der Waals surface area contributed by atoms with Gasteiger partial charge in [-0.3, -0.25) is 9.36 Å². The maximum atomic E-state index is 12.6. The molecule has 1 amide bonds. The van der Waals surface area contributed by atoms with Gasteiger partial charge in [0.1, 0.15) is 17.2 Å². The maximum absolute atomic E-state index is 12.6. The Morgan fingerprint density at radius 3 is 2.38 bits per heavy atom. The Kier molecular flexibility index (Phi) is 9.29. The van der Waals surface area contributed by atoms with Gasteiger partial charge < -0.3 is 14.2 Å². The number of nitrogens with zero attached hydrogens (tertiary/aromatic N) is 4. The van der Waals surface area contributed by atoms with Crippen LogP contribution in [0.15, 0.2) is 46.7 Å². The molecule has 1 aromatic heterocycles. The van der Waals surface area contributed by atoms with Crippen LogP contribution in [0.2, 0.25) is 5.02 Å². The van der Waals surface area contributed by atoms with Crippen molar-refractivity contribution in [3.8, 4) is 28.6 Å². The van der Waals surface area contributed by atoms with Gasteiger partial charge in [-0.2, -0.15) is 5.10 Å². The van der Waals surface area contributed by atoms with Crippen molar-refractivity contribution in [1.82, 2.24) is 20.2 Å². The van der Waals surface area contributed by atoms with Crippen LogP contribution < -0.4 is 19.6 Å². The summed E-state index contributed by atoms with van der Waals surface area (Å²) in [5, 5.41) is 14.4. The monoisotopic (exact) mass is 543 g/mol. The molecule has 1 aliphatic carbocycles. The maximum Gasteiger partial charge on any atom is 0.250 e. The molecule has 3 aromatic rings. The third-order valence-corrected chi connectivity index (χ3v) is 7.37. The van der Waals surface area contributed by atoms with E-state index < -0.39 is 0 Å². The molecule has 0 atom stereocenters. The highest BCUT2D eigenvalue weighted by molar-refractivity contribution is 7.99. The van der Waals surface area contributed by atoms with Gasteiger partial charge >= 0.3 is 0 Å². The molecule has 1 saturated carbocycles. The largest absolute Gasteiger partial charge is 0.496 e. The minimum absolute atomic E-state index is 0.139. The average Bonchev–Trinajstić information content (AvgIpc) is 3.36. The molecule has 0 unspecified atom stereocenters. The van der Waals surface area contributed by atoms with Crippen LogP contribution in [0.3, 0.4) is 0 Å². The SMILES string of the molecule is COc1cc(OC)c(/C=N/NC(=O)CSc2nnc(-c3ccc(Cl)cc3)n2C2CCCCC2)c(OC)c1. The first kappa shape index (κ1) is 26.8. The van der Waals surface area contributed by atoms with E-state index in [0.29, 0.717) is 33.9 Å². The van der Waals surface area contributed by atoms with Crippen molar-refractivity contribution in [2.45, 2.75) is 43.3 Å². The zero-order valence-corrected chi connectivity index (χ0v) is 22.6. The molecular formula is C26H30ClN5O4S. The fraction of sp³-hybridized carbons (Fsp3) is 0.385. The average molecular weight is 544 g/mol. The minimum atomic E-state index is -0.265. The summed E-state index contributed by atoms with van der Waals surface area (Å²) in [6.45, 7) is 0. The van der Waals surface area contributed by atoms with Gasteiger partial charge in [-0.05, 0) is 37.1 Å². The normalized spacial score (nSPS) is 14.1. The first-order valence-electron chi connectivity index (χ1n) is 12.0. The molecule has 1 aliphatic rings. The Bertz CT molecular complexity index is 1220. The van der Waals surface area contributed by atoms with E-state index in [4.69, 9.17) is 25.8 Å². The van der Waals surface area contributed by atoms with Crippen LogP contribution in [0, 0.1) is 0 Å². The standard InChI is InChI=1S/C26H30ClN5O4S/c1-34-20-13-22(35-2)21(23(14-20)36-3)15-28-29-24(33)16-37-26-31-30-25(17-9-11-18(27)12-10-17)32(26)19-7-5-4-6-8-19/h9-15,19H,4-8,16H2,1-3H3,(H,29,33)/b28-15+. The van der Waals surface area contributed by atoms with Crippen molar-refractivity contribution in [2.24, 2.45) is 5.10 Å². The smallest absolute Gasteiger partial charge is 0.250 e. The fourth-order valence-electron chi connectivity index (χ4n) is 4.33. The lowest BCUT2D eigenvalue weighted by molar-refractivity contribution is -0.118. The summed E-state index contributed by atoms with van der Waals surface area (Å²) in [7, 11) is 4.65. The highest BCUT2D eigenvalue weighted by Gasteiger charge is 2.24. The number of methoxy groups -OCH3 is 3. The number of hydrogen-bond acceptors (Lipinski definition) is 8. The molecule has 9 nitrogen and oxygen atoms in total. The topological polar surface area (TPSA) is 99.9 Å². The first-order valence-corrected chi connectivity index (χ1v) is 13.4. The number of ether oxygens (including phenoxy) is 3. The van der Waals surface area contributed by atoms with Crippen molar-refractivity contribution in [2.75, 3.05) is 27.1 Å². The summed E-state index contributed by atoms with van der Waals surface area (Å²) in [6.07, 6.45) is 7.19. The molecule has 0 radical (unpaired) electrons. The number of hydrazone groups is 1. The van der Waals surface area contributed by atoms with Crippen molar-refractivity contribution in [1.29, 1.82) is 0 Å². The van der Waals surface area contributed by atoms with Gasteiger partial charge in [-0.1, -0.05) is 42.6 Å². The summed E-state index contributed by atoms with van der Waals surface area (Å²) in [6, 6.07) is 11.3. The summed E-state index contributed by atoms with van der Waals surface area (Å²) in [5.74, 6) is 2.28. The van der Waals surface area contributed by atoms with Gasteiger partial charge in [0.05, 0.1) is 38.9 Å². The van der Waals surface area contributed by atoms with Crippen LogP contribution in [0.5, 0.6) is 17.2 Å². The van der Waals surface area contributed by atoms with E-state index in [1.165, 1.54) is 37.2 Å². The van der Waals surface area contributed by atoms with E-state index in [2.05, 4.69) is 25.3 Å². The zero-order chi connectivity index (χ0) is 26.2. The van der Waals surface area contributed by atoms with Gasteiger partial charge in [-0.25, -0.2) is 5.43 Å². The van der Waals surface area contributed by atoms with Crippen LogP contribution >= 0.6 is 23.4 Å². The van der Waals surface area contributed by atoms with Crippen LogP contribution in [-0.4, -0.2) is 54.0 Å². The Balaban J connectivity index is 1.46. The lowest BCUT2D eigenvalue weighted by Crippen LogP contribution is -2.21. The highest BCUT2D eigenvalue weighted by Crippen LogP contribution is 2.36. The van der Waals surface area contributed by atoms with Gasteiger partial charge in [0.2, 0.25) is 0 Å². The number of nitrogens with one attached hydrogen (secondary N) is 1. The molecule has 0 aliphatic heterocycles. The molecular weight excluding hydrogens is 514 g/mol. The van der Waals surface area contributed by atoms with E-state index in [1.807, 2.05) is 24.3 Å². The number of carbonyl (C=O) groups excluding carboxylic acids is 1. The molecule has 1 fully saturated rings. The first-order chi connectivity index (χ1) is 18.0. The quantitative estimate of drug-likeness (QED) is 0.208. The number of thioether (sulfide) groups is 1. The molecule has 11 heteroatoms. The second-order valence-corrected chi connectivity index (χ2v) is 9.88. The summed E-state index contributed by atoms with van der Waals surface area (Å²) < 4.78 is 18.3. The van der Waals surface area contributed by atoms with E-state index >= 15 is 0 Å². The molecule has 0 bridgehead atoms. The van der Waals surface area contributed by atoms with Crippen molar-refractivity contribution >= 4 is 35.5 Å². The predicted octanol–water partition coefficient (Wildman–Crippen LogP) is 5.37. The Morgan fingerprint density at radius 2 is 1.76 bits per heavy atom. The van der Waals surface area contributed by atoms with Crippen LogP contribution in [0.1, 0.15) is 43.7 Å². The number of carbonyl (C=O) groups is 1. The predicted molar refractivity (Wildman–Crippen MR) is 145 cm³/mol. The van der Waals surface area contributed by atoms with Gasteiger partial charge in [0.15, 0.2) is 11.0 Å². The third-order valence-electron chi connectivity index (χ3n) is 6.18. The lowest BCUT2D eigenvalue weighted by Gasteiger charge is -2.25. The summed E-state index contributed by atoms with van der Waals surface area (Å²) >= 11 is 7.43. The van der Waals surface area contributed by atoms with Gasteiger partial charge in [-0.15, -0.1) is 10.2 Å². The van der Waals surface area contributed by atoms with Gasteiger partial charge in [0.25, 0.3) is 5.91 Å². The van der Waals surface area contributed by atoms with Crippen molar-refractivity contribution < 1.29 is 19.0 Å². The van der Waals surface area contributed by atoms with Gasteiger partial charge in [0, 0.05) is 28.8 Å². The fourth-order valence-corrected chi connectivity index (χ4v) is 5.25.